The van der Waals surface area contributed by atoms with E-state index in [9.17, 15) is 4.79 Å². The molecule has 1 amide bonds. The summed E-state index contributed by atoms with van der Waals surface area (Å²) >= 11 is 0. The number of fused-ring (bicyclic) bond motifs is 1. The molecule has 2 aromatic heterocycles. The summed E-state index contributed by atoms with van der Waals surface area (Å²) in [5.74, 6) is -2.26. The van der Waals surface area contributed by atoms with Crippen molar-refractivity contribution in [3.05, 3.63) is 66.9 Å². The fourth-order valence-electron chi connectivity index (χ4n) is 4.37. The molecule has 1 aliphatic heterocycles. The lowest BCUT2D eigenvalue weighted by molar-refractivity contribution is -0.111. The molecule has 0 atom stereocenters. The molecule has 1 fully saturated rings. The zero-order valence-corrected chi connectivity index (χ0v) is 21.3. The van der Waals surface area contributed by atoms with E-state index in [0.29, 0.717) is 47.7 Å². The van der Waals surface area contributed by atoms with E-state index in [0.717, 1.165) is 19.6 Å². The van der Waals surface area contributed by atoms with Gasteiger partial charge in [-0.3, -0.25) is 9.69 Å². The lowest BCUT2D eigenvalue weighted by atomic mass is 10.1. The molecule has 0 radical (unpaired) electrons. The number of aromatic nitrogens is 3. The average molecular weight is 536 g/mol. The van der Waals surface area contributed by atoms with Gasteiger partial charge in [0.25, 0.3) is 0 Å². The second-order valence-corrected chi connectivity index (χ2v) is 8.92. The highest BCUT2D eigenvalue weighted by atomic mass is 19.2. The highest BCUT2D eigenvalue weighted by Gasteiger charge is 2.23. The van der Waals surface area contributed by atoms with Gasteiger partial charge in [-0.2, -0.15) is 0 Å². The van der Waals surface area contributed by atoms with Crippen LogP contribution in [0.2, 0.25) is 0 Å². The van der Waals surface area contributed by atoms with Crippen molar-refractivity contribution in [2.24, 2.45) is 0 Å². The molecule has 39 heavy (non-hydrogen) atoms. The molecule has 12 heteroatoms. The minimum atomic E-state index is -1.02. The summed E-state index contributed by atoms with van der Waals surface area (Å²) in [5.41, 5.74) is 2.36. The van der Waals surface area contributed by atoms with Crippen LogP contribution < -0.4 is 15.5 Å². The molecule has 0 spiro atoms. The molecule has 202 valence electrons. The predicted molar refractivity (Wildman–Crippen MR) is 144 cm³/mol. The lowest BCUT2D eigenvalue weighted by Crippen LogP contribution is -2.47. The minimum absolute atomic E-state index is 0.0425. The monoisotopic (exact) mass is 535 g/mol. The Kier molecular flexibility index (Phi) is 7.75. The lowest BCUT2D eigenvalue weighted by Gasteiger charge is -2.36. The molecule has 2 aromatic carbocycles. The Morgan fingerprint density at radius 2 is 2.00 bits per heavy atom. The average Bonchev–Trinajstić information content (AvgIpc) is 3.38. The quantitative estimate of drug-likeness (QED) is 0.305. The first-order chi connectivity index (χ1) is 19.0. The van der Waals surface area contributed by atoms with Crippen molar-refractivity contribution in [2.75, 3.05) is 62.0 Å². The molecule has 4 aromatic rings. The van der Waals surface area contributed by atoms with Crippen molar-refractivity contribution in [2.45, 2.75) is 0 Å². The van der Waals surface area contributed by atoms with E-state index >= 15 is 8.78 Å². The summed E-state index contributed by atoms with van der Waals surface area (Å²) in [5, 5.41) is 9.53. The van der Waals surface area contributed by atoms with Crippen molar-refractivity contribution in [3.8, 4) is 11.3 Å². The number of halogens is 2. The summed E-state index contributed by atoms with van der Waals surface area (Å²) in [4.78, 5) is 24.3. The normalized spacial score (nSPS) is 14.0. The molecule has 2 N–H and O–H groups in total. The molecule has 0 bridgehead atoms. The molecule has 0 aliphatic carbocycles. The predicted octanol–water partition coefficient (Wildman–Crippen LogP) is 4.20. The van der Waals surface area contributed by atoms with Crippen LogP contribution in [0.15, 0.2) is 59.8 Å². The molecule has 0 unspecified atom stereocenters. The second kappa shape index (κ2) is 11.5. The van der Waals surface area contributed by atoms with Gasteiger partial charge in [0.1, 0.15) is 11.2 Å². The highest BCUT2D eigenvalue weighted by molar-refractivity contribution is 5.99. The number of methoxy groups -OCH3 is 1. The number of carbonyl (C=O) groups is 1. The third kappa shape index (κ3) is 5.71. The van der Waals surface area contributed by atoms with Gasteiger partial charge in [0, 0.05) is 51.1 Å². The molecule has 5 rings (SSSR count). The highest BCUT2D eigenvalue weighted by Crippen LogP contribution is 2.31. The number of hydrogen-bond acceptors (Lipinski definition) is 9. The number of hydrogen-bond donors (Lipinski definition) is 2. The topological polar surface area (TPSA) is 109 Å². The van der Waals surface area contributed by atoms with Gasteiger partial charge >= 0.3 is 0 Å². The first kappa shape index (κ1) is 26.2. The van der Waals surface area contributed by atoms with Crippen LogP contribution in [0.25, 0.3) is 22.4 Å². The molecular formula is C27H27F2N7O3. The van der Waals surface area contributed by atoms with Gasteiger partial charge in [-0.1, -0.05) is 23.9 Å². The Labute approximate surface area is 223 Å². The summed E-state index contributed by atoms with van der Waals surface area (Å²) < 4.78 is 40.7. The van der Waals surface area contributed by atoms with Crippen molar-refractivity contribution in [3.63, 3.8) is 0 Å². The molecular weight excluding hydrogens is 508 g/mol. The maximum absolute atomic E-state index is 15.1. The van der Waals surface area contributed by atoms with Crippen molar-refractivity contribution >= 4 is 40.0 Å². The van der Waals surface area contributed by atoms with Crippen LogP contribution in [0.5, 0.6) is 0 Å². The van der Waals surface area contributed by atoms with Crippen LogP contribution in [-0.4, -0.2) is 72.4 Å². The van der Waals surface area contributed by atoms with Gasteiger partial charge in [-0.05, 0) is 30.3 Å². The standard InChI is InChI=1S/C27H27F2N7O3/c1-3-22(37)31-18-6-4-5-17(15-18)25-26-21(39-34-25)16-30-27(33-26)32-19-7-8-20(24(29)23(19)28)36-11-9-35(10-12-36)13-14-38-2/h3-8,15-16H,1,9-14H2,2H3,(H,31,37)(H,30,32,33). The van der Waals surface area contributed by atoms with E-state index in [1.807, 2.05) is 4.90 Å². The summed E-state index contributed by atoms with van der Waals surface area (Å²) in [6.45, 7) is 7.53. The Balaban J connectivity index is 1.35. The number of nitrogens with one attached hydrogen (secondary N) is 2. The van der Waals surface area contributed by atoms with Crippen molar-refractivity contribution in [1.82, 2.24) is 20.0 Å². The SMILES string of the molecule is C=CC(=O)Nc1cccc(-c2noc3cnc(Nc4ccc(N5CCN(CCOC)CC5)c(F)c4F)nc23)c1. The number of amides is 1. The summed E-state index contributed by atoms with van der Waals surface area (Å²) in [7, 11) is 1.66. The zero-order chi connectivity index (χ0) is 27.4. The Morgan fingerprint density at radius 1 is 1.18 bits per heavy atom. The Bertz CT molecular complexity index is 1500. The van der Waals surface area contributed by atoms with Gasteiger partial charge in [0.05, 0.1) is 24.2 Å². The third-order valence-corrected chi connectivity index (χ3v) is 6.44. The number of piperazine rings is 1. The van der Waals surface area contributed by atoms with Crippen LogP contribution in [0.1, 0.15) is 0 Å². The number of anilines is 4. The maximum atomic E-state index is 15.1. The fraction of sp³-hybridized carbons (Fsp3) is 0.259. The van der Waals surface area contributed by atoms with E-state index in [1.165, 1.54) is 18.3 Å². The van der Waals surface area contributed by atoms with Crippen LogP contribution in [0.3, 0.4) is 0 Å². The van der Waals surface area contributed by atoms with Crippen LogP contribution in [0.4, 0.5) is 31.8 Å². The Morgan fingerprint density at radius 3 is 2.77 bits per heavy atom. The second-order valence-electron chi connectivity index (χ2n) is 8.92. The number of carbonyl (C=O) groups excluding carboxylic acids is 1. The van der Waals surface area contributed by atoms with Crippen LogP contribution in [-0.2, 0) is 9.53 Å². The minimum Gasteiger partial charge on any atom is -0.383 e. The molecule has 1 aliphatic rings. The van der Waals surface area contributed by atoms with E-state index < -0.39 is 11.6 Å². The van der Waals surface area contributed by atoms with Gasteiger partial charge in [0.2, 0.25) is 17.4 Å². The zero-order valence-electron chi connectivity index (χ0n) is 21.3. The number of benzene rings is 2. The molecule has 1 saturated heterocycles. The van der Waals surface area contributed by atoms with E-state index in [2.05, 4.69) is 37.2 Å². The van der Waals surface area contributed by atoms with Crippen molar-refractivity contribution < 1.29 is 22.8 Å². The summed E-state index contributed by atoms with van der Waals surface area (Å²) in [6, 6.07) is 9.97. The van der Waals surface area contributed by atoms with Crippen LogP contribution in [0, 0.1) is 11.6 Å². The van der Waals surface area contributed by atoms with Crippen molar-refractivity contribution in [1.29, 1.82) is 0 Å². The molecule has 3 heterocycles. The Hall–Kier alpha value is -4.42. The van der Waals surface area contributed by atoms with E-state index in [1.54, 1.807) is 37.4 Å². The van der Waals surface area contributed by atoms with Crippen LogP contribution >= 0.6 is 0 Å². The number of rotatable bonds is 9. The van der Waals surface area contributed by atoms with Gasteiger partial charge in [-0.15, -0.1) is 0 Å². The van der Waals surface area contributed by atoms with Gasteiger partial charge < -0.3 is 24.8 Å². The first-order valence-corrected chi connectivity index (χ1v) is 12.3. The number of ether oxygens (including phenoxy) is 1. The fourth-order valence-corrected chi connectivity index (χ4v) is 4.37. The smallest absolute Gasteiger partial charge is 0.247 e. The summed E-state index contributed by atoms with van der Waals surface area (Å²) in [6.07, 6.45) is 2.57. The maximum Gasteiger partial charge on any atom is 0.247 e. The van der Waals surface area contributed by atoms with E-state index in [4.69, 9.17) is 9.26 Å². The largest absolute Gasteiger partial charge is 0.383 e. The molecule has 0 saturated carbocycles. The third-order valence-electron chi connectivity index (χ3n) is 6.44. The van der Waals surface area contributed by atoms with Gasteiger partial charge in [0.15, 0.2) is 11.6 Å². The van der Waals surface area contributed by atoms with Gasteiger partial charge in [-0.25, -0.2) is 18.7 Å². The molecule has 10 nitrogen and oxygen atoms in total. The first-order valence-electron chi connectivity index (χ1n) is 12.3. The van der Waals surface area contributed by atoms with E-state index in [-0.39, 0.29) is 23.2 Å². The number of nitrogens with zero attached hydrogens (tertiary/aromatic N) is 5.